The van der Waals surface area contributed by atoms with E-state index in [-0.39, 0.29) is 0 Å². The molecule has 1 saturated heterocycles. The lowest BCUT2D eigenvalue weighted by Gasteiger charge is -2.37. The van der Waals surface area contributed by atoms with E-state index < -0.39 is 0 Å². The molecular formula is C16H29N4O+. The SMILES string of the molecule is C[N+]1(CCOCCNc2ccc(N)cc2N)CCCCC1. The van der Waals surface area contributed by atoms with Crippen molar-refractivity contribution >= 4 is 17.1 Å². The fourth-order valence-corrected chi connectivity index (χ4v) is 2.89. The molecule has 5 heteroatoms. The number of nitrogens with one attached hydrogen (secondary N) is 1. The number of nitrogen functional groups attached to an aromatic ring is 2. The fourth-order valence-electron chi connectivity index (χ4n) is 2.89. The number of piperidine rings is 1. The molecule has 1 aliphatic rings. The quantitative estimate of drug-likeness (QED) is 0.408. The zero-order valence-corrected chi connectivity index (χ0v) is 13.1. The number of rotatable bonds is 7. The van der Waals surface area contributed by atoms with Crippen LogP contribution in [0, 0.1) is 0 Å². The van der Waals surface area contributed by atoms with Gasteiger partial charge >= 0.3 is 0 Å². The summed E-state index contributed by atoms with van der Waals surface area (Å²) in [5.41, 5.74) is 13.9. The number of hydrogen-bond donors (Lipinski definition) is 3. The average Bonchev–Trinajstić information content (AvgIpc) is 2.45. The molecule has 1 fully saturated rings. The number of nitrogens with zero attached hydrogens (tertiary/aromatic N) is 1. The van der Waals surface area contributed by atoms with Gasteiger partial charge < -0.3 is 26.0 Å². The lowest BCUT2D eigenvalue weighted by Crippen LogP contribution is -2.49. The maximum Gasteiger partial charge on any atom is 0.102 e. The molecule has 2 rings (SSSR count). The highest BCUT2D eigenvalue weighted by Gasteiger charge is 2.23. The lowest BCUT2D eigenvalue weighted by atomic mass is 10.1. The number of likely N-dealkylation sites (N-methyl/N-ethyl adjacent to an activating group) is 1. The van der Waals surface area contributed by atoms with Gasteiger partial charge in [-0.3, -0.25) is 0 Å². The molecule has 1 heterocycles. The van der Waals surface area contributed by atoms with Crippen molar-refractivity contribution in [3.63, 3.8) is 0 Å². The van der Waals surface area contributed by atoms with Crippen molar-refractivity contribution < 1.29 is 9.22 Å². The zero-order chi connectivity index (χ0) is 15.1. The Hall–Kier alpha value is -1.46. The molecule has 1 aliphatic heterocycles. The third kappa shape index (κ3) is 5.10. The van der Waals surface area contributed by atoms with Gasteiger partial charge in [-0.25, -0.2) is 0 Å². The average molecular weight is 293 g/mol. The van der Waals surface area contributed by atoms with Crippen LogP contribution in [0.25, 0.3) is 0 Å². The molecular weight excluding hydrogens is 264 g/mol. The summed E-state index contributed by atoms with van der Waals surface area (Å²) in [6, 6.07) is 5.52. The molecule has 5 N–H and O–H groups in total. The summed E-state index contributed by atoms with van der Waals surface area (Å²) < 4.78 is 6.91. The van der Waals surface area contributed by atoms with Crippen LogP contribution in [0.5, 0.6) is 0 Å². The van der Waals surface area contributed by atoms with E-state index in [2.05, 4.69) is 12.4 Å². The van der Waals surface area contributed by atoms with Crippen molar-refractivity contribution in [1.82, 2.24) is 0 Å². The van der Waals surface area contributed by atoms with Crippen LogP contribution in [-0.2, 0) is 4.74 Å². The third-order valence-corrected chi connectivity index (χ3v) is 4.31. The van der Waals surface area contributed by atoms with E-state index in [1.807, 2.05) is 12.1 Å². The van der Waals surface area contributed by atoms with Crippen LogP contribution in [0.15, 0.2) is 18.2 Å². The number of hydrogen-bond acceptors (Lipinski definition) is 4. The van der Waals surface area contributed by atoms with Crippen LogP contribution in [0.1, 0.15) is 19.3 Å². The Kier molecular flexibility index (Phi) is 5.70. The Bertz CT molecular complexity index is 444. The topological polar surface area (TPSA) is 73.3 Å². The molecule has 118 valence electrons. The molecule has 1 aromatic carbocycles. The van der Waals surface area contributed by atoms with E-state index in [1.54, 1.807) is 6.07 Å². The van der Waals surface area contributed by atoms with Crippen molar-refractivity contribution in [3.8, 4) is 0 Å². The van der Waals surface area contributed by atoms with Crippen molar-refractivity contribution in [1.29, 1.82) is 0 Å². The molecule has 0 saturated carbocycles. The summed E-state index contributed by atoms with van der Waals surface area (Å²) in [5, 5.41) is 3.28. The van der Waals surface area contributed by atoms with E-state index in [0.29, 0.717) is 18.0 Å². The Morgan fingerprint density at radius 2 is 1.90 bits per heavy atom. The van der Waals surface area contributed by atoms with Crippen molar-refractivity contribution in [2.75, 3.05) is 63.2 Å². The van der Waals surface area contributed by atoms with E-state index in [1.165, 1.54) is 36.8 Å². The van der Waals surface area contributed by atoms with Gasteiger partial charge in [-0.05, 0) is 37.5 Å². The molecule has 5 nitrogen and oxygen atoms in total. The monoisotopic (exact) mass is 293 g/mol. The largest absolute Gasteiger partial charge is 0.399 e. The number of likely N-dealkylation sites (tertiary alicyclic amines) is 1. The van der Waals surface area contributed by atoms with Gasteiger partial charge in [0.1, 0.15) is 6.54 Å². The molecule has 0 aliphatic carbocycles. The van der Waals surface area contributed by atoms with E-state index in [4.69, 9.17) is 16.2 Å². The number of ether oxygens (including phenoxy) is 1. The number of benzene rings is 1. The Labute approximate surface area is 127 Å². The van der Waals surface area contributed by atoms with Gasteiger partial charge in [0.05, 0.1) is 44.7 Å². The number of quaternary nitrogens is 1. The van der Waals surface area contributed by atoms with Gasteiger partial charge in [-0.2, -0.15) is 0 Å². The van der Waals surface area contributed by atoms with Crippen LogP contribution in [-0.4, -0.2) is 50.9 Å². The first kappa shape index (κ1) is 15.9. The molecule has 1 aromatic rings. The molecule has 0 atom stereocenters. The highest BCUT2D eigenvalue weighted by Crippen LogP contribution is 2.20. The zero-order valence-electron chi connectivity index (χ0n) is 13.1. The van der Waals surface area contributed by atoms with Crippen molar-refractivity contribution in [2.24, 2.45) is 0 Å². The first-order valence-corrected chi connectivity index (χ1v) is 7.89. The third-order valence-electron chi connectivity index (χ3n) is 4.31. The molecule has 0 radical (unpaired) electrons. The van der Waals surface area contributed by atoms with E-state index in [0.717, 1.165) is 25.4 Å². The number of anilines is 3. The van der Waals surface area contributed by atoms with E-state index >= 15 is 0 Å². The summed E-state index contributed by atoms with van der Waals surface area (Å²) in [6.07, 6.45) is 4.10. The Morgan fingerprint density at radius 3 is 2.62 bits per heavy atom. The summed E-state index contributed by atoms with van der Waals surface area (Å²) in [4.78, 5) is 0. The first-order valence-electron chi connectivity index (χ1n) is 7.89. The standard InChI is InChI=1S/C16H29N4O/c1-20(8-3-2-4-9-20)10-12-21-11-7-19-16-6-5-14(17)13-15(16)18/h5-6,13,19H,2-4,7-12,17-18H2,1H3/q+1. The van der Waals surface area contributed by atoms with Crippen LogP contribution in [0.3, 0.4) is 0 Å². The molecule has 0 bridgehead atoms. The van der Waals surface area contributed by atoms with Gasteiger partial charge in [-0.1, -0.05) is 0 Å². The van der Waals surface area contributed by atoms with Crippen LogP contribution < -0.4 is 16.8 Å². The number of nitrogens with two attached hydrogens (primary N) is 2. The molecule has 21 heavy (non-hydrogen) atoms. The maximum absolute atomic E-state index is 5.89. The fraction of sp³-hybridized carbons (Fsp3) is 0.625. The van der Waals surface area contributed by atoms with Gasteiger partial charge in [-0.15, -0.1) is 0 Å². The predicted molar refractivity (Wildman–Crippen MR) is 89.2 cm³/mol. The van der Waals surface area contributed by atoms with Crippen molar-refractivity contribution in [2.45, 2.75) is 19.3 Å². The lowest BCUT2D eigenvalue weighted by molar-refractivity contribution is -0.914. The van der Waals surface area contributed by atoms with E-state index in [9.17, 15) is 0 Å². The minimum Gasteiger partial charge on any atom is -0.399 e. The van der Waals surface area contributed by atoms with Crippen LogP contribution >= 0.6 is 0 Å². The smallest absolute Gasteiger partial charge is 0.102 e. The first-order chi connectivity index (χ1) is 10.1. The maximum atomic E-state index is 5.89. The summed E-state index contributed by atoms with van der Waals surface area (Å²) in [7, 11) is 2.34. The minimum atomic E-state index is 0.682. The predicted octanol–water partition coefficient (Wildman–Crippen LogP) is 1.91. The molecule has 0 amide bonds. The second kappa shape index (κ2) is 7.52. The molecule has 0 spiro atoms. The highest BCUT2D eigenvalue weighted by atomic mass is 16.5. The Morgan fingerprint density at radius 1 is 1.14 bits per heavy atom. The highest BCUT2D eigenvalue weighted by molar-refractivity contribution is 5.70. The minimum absolute atomic E-state index is 0.682. The molecule has 0 unspecified atom stereocenters. The van der Waals surface area contributed by atoms with Gasteiger partial charge in [0.2, 0.25) is 0 Å². The summed E-state index contributed by atoms with van der Waals surface area (Å²) in [6.45, 7) is 5.99. The van der Waals surface area contributed by atoms with Gasteiger partial charge in [0.15, 0.2) is 0 Å². The normalized spacial score (nSPS) is 17.6. The van der Waals surface area contributed by atoms with Crippen LogP contribution in [0.4, 0.5) is 17.1 Å². The van der Waals surface area contributed by atoms with Gasteiger partial charge in [0.25, 0.3) is 0 Å². The molecule has 0 aromatic heterocycles. The van der Waals surface area contributed by atoms with Gasteiger partial charge in [0, 0.05) is 12.2 Å². The summed E-state index contributed by atoms with van der Waals surface area (Å²) >= 11 is 0. The van der Waals surface area contributed by atoms with Crippen LogP contribution in [0.2, 0.25) is 0 Å². The van der Waals surface area contributed by atoms with Crippen molar-refractivity contribution in [3.05, 3.63) is 18.2 Å². The Balaban J connectivity index is 1.59. The summed E-state index contributed by atoms with van der Waals surface area (Å²) in [5.74, 6) is 0. The second-order valence-corrected chi connectivity index (χ2v) is 6.24. The second-order valence-electron chi connectivity index (χ2n) is 6.24.